The Bertz CT molecular complexity index is 448. The van der Waals surface area contributed by atoms with E-state index in [2.05, 4.69) is 4.98 Å². The smallest absolute Gasteiger partial charge is 0.140 e. The minimum atomic E-state index is -0.256. The van der Waals surface area contributed by atoms with Crippen molar-refractivity contribution >= 4 is 11.6 Å². The van der Waals surface area contributed by atoms with Gasteiger partial charge in [0.25, 0.3) is 0 Å². The average molecular weight is 211 g/mol. The molecule has 0 N–H and O–H groups in total. The fourth-order valence-corrected chi connectivity index (χ4v) is 1.38. The van der Waals surface area contributed by atoms with Crippen LogP contribution in [-0.4, -0.2) is 9.55 Å². The number of imidazole rings is 1. The molecule has 1 aromatic carbocycles. The summed E-state index contributed by atoms with van der Waals surface area (Å²) in [7, 11) is 1.81. The Balaban J connectivity index is 2.49. The summed E-state index contributed by atoms with van der Waals surface area (Å²) >= 11 is 5.84. The van der Waals surface area contributed by atoms with E-state index in [-0.39, 0.29) is 5.82 Å². The Morgan fingerprint density at radius 2 is 1.93 bits per heavy atom. The van der Waals surface area contributed by atoms with Crippen LogP contribution >= 0.6 is 11.6 Å². The number of rotatable bonds is 1. The lowest BCUT2D eigenvalue weighted by molar-refractivity contribution is 0.628. The molecule has 72 valence electrons. The molecule has 0 aliphatic heterocycles. The summed E-state index contributed by atoms with van der Waals surface area (Å²) < 4.78 is 14.4. The first kappa shape index (κ1) is 9.21. The molecule has 0 aliphatic rings. The van der Waals surface area contributed by atoms with Crippen molar-refractivity contribution in [3.63, 3.8) is 0 Å². The van der Waals surface area contributed by atoms with Crippen LogP contribution in [0.4, 0.5) is 4.39 Å². The van der Waals surface area contributed by atoms with E-state index >= 15 is 0 Å². The van der Waals surface area contributed by atoms with Crippen LogP contribution in [0.5, 0.6) is 0 Å². The molecule has 0 radical (unpaired) electrons. The van der Waals surface area contributed by atoms with Crippen molar-refractivity contribution < 1.29 is 4.39 Å². The van der Waals surface area contributed by atoms with Crippen molar-refractivity contribution in [2.45, 2.75) is 0 Å². The normalized spacial score (nSPS) is 10.5. The number of hydrogen-bond donors (Lipinski definition) is 0. The van der Waals surface area contributed by atoms with E-state index in [0.717, 1.165) is 11.4 Å². The van der Waals surface area contributed by atoms with Crippen LogP contribution in [0.2, 0.25) is 5.15 Å². The van der Waals surface area contributed by atoms with Crippen molar-refractivity contribution in [2.75, 3.05) is 0 Å². The molecular weight excluding hydrogens is 203 g/mol. The van der Waals surface area contributed by atoms with Crippen molar-refractivity contribution in [1.29, 1.82) is 0 Å². The first-order valence-corrected chi connectivity index (χ1v) is 4.49. The molecule has 0 unspecified atom stereocenters. The van der Waals surface area contributed by atoms with Gasteiger partial charge in [0.15, 0.2) is 0 Å². The number of nitrogens with zero attached hydrogens (tertiary/aromatic N) is 2. The van der Waals surface area contributed by atoms with Crippen LogP contribution in [0.25, 0.3) is 11.4 Å². The first-order chi connectivity index (χ1) is 6.68. The molecule has 1 aromatic heterocycles. The van der Waals surface area contributed by atoms with Crippen molar-refractivity contribution in [1.82, 2.24) is 9.55 Å². The first-order valence-electron chi connectivity index (χ1n) is 4.11. The maximum absolute atomic E-state index is 12.7. The van der Waals surface area contributed by atoms with Gasteiger partial charge in [-0.2, -0.15) is 0 Å². The lowest BCUT2D eigenvalue weighted by Gasteiger charge is -2.01. The van der Waals surface area contributed by atoms with Crippen LogP contribution in [-0.2, 0) is 7.05 Å². The quantitative estimate of drug-likeness (QED) is 0.708. The molecule has 2 rings (SSSR count). The molecule has 1 heterocycles. The Hall–Kier alpha value is -1.35. The van der Waals surface area contributed by atoms with Crippen LogP contribution in [0.15, 0.2) is 30.5 Å². The molecule has 0 bridgehead atoms. The Labute approximate surface area is 86.0 Å². The molecular formula is C10H8ClFN2. The SMILES string of the molecule is Cn1c(Cl)cnc1-c1ccc(F)cc1. The molecule has 0 atom stereocenters. The molecule has 2 nitrogen and oxygen atoms in total. The lowest BCUT2D eigenvalue weighted by atomic mass is 10.2. The Morgan fingerprint density at radius 3 is 2.43 bits per heavy atom. The van der Waals surface area contributed by atoms with E-state index in [9.17, 15) is 4.39 Å². The summed E-state index contributed by atoms with van der Waals surface area (Å²) in [6.45, 7) is 0. The maximum atomic E-state index is 12.7. The van der Waals surface area contributed by atoms with Gasteiger partial charge in [0.05, 0.1) is 6.20 Å². The standard InChI is InChI=1S/C10H8ClFN2/c1-14-9(11)6-13-10(14)7-2-4-8(12)5-3-7/h2-6H,1H3. The van der Waals surface area contributed by atoms with E-state index in [0.29, 0.717) is 5.15 Å². The predicted molar refractivity (Wildman–Crippen MR) is 53.6 cm³/mol. The summed E-state index contributed by atoms with van der Waals surface area (Å²) in [6.07, 6.45) is 1.57. The fraction of sp³-hybridized carbons (Fsp3) is 0.100. The van der Waals surface area contributed by atoms with Crippen LogP contribution in [0.3, 0.4) is 0 Å². The highest BCUT2D eigenvalue weighted by Gasteiger charge is 2.06. The van der Waals surface area contributed by atoms with Gasteiger partial charge in [-0.25, -0.2) is 9.37 Å². The largest absolute Gasteiger partial charge is 0.318 e. The van der Waals surface area contributed by atoms with Crippen molar-refractivity contribution in [2.24, 2.45) is 7.05 Å². The van der Waals surface area contributed by atoms with Crippen molar-refractivity contribution in [3.8, 4) is 11.4 Å². The summed E-state index contributed by atoms with van der Waals surface area (Å²) in [5.74, 6) is 0.476. The Kier molecular flexibility index (Phi) is 2.25. The molecule has 0 aliphatic carbocycles. The van der Waals surface area contributed by atoms with Crippen LogP contribution in [0.1, 0.15) is 0 Å². The molecule has 0 saturated carbocycles. The van der Waals surface area contributed by atoms with Gasteiger partial charge in [-0.3, -0.25) is 0 Å². The fourth-order valence-electron chi connectivity index (χ4n) is 1.26. The molecule has 14 heavy (non-hydrogen) atoms. The van der Waals surface area contributed by atoms with Gasteiger partial charge in [-0.15, -0.1) is 0 Å². The molecule has 0 amide bonds. The van der Waals surface area contributed by atoms with E-state index in [1.54, 1.807) is 22.9 Å². The summed E-state index contributed by atoms with van der Waals surface area (Å²) in [5.41, 5.74) is 0.848. The summed E-state index contributed by atoms with van der Waals surface area (Å²) in [4.78, 5) is 4.12. The summed E-state index contributed by atoms with van der Waals surface area (Å²) in [6, 6.07) is 6.15. The van der Waals surface area contributed by atoms with Crippen molar-refractivity contribution in [3.05, 3.63) is 41.4 Å². The van der Waals surface area contributed by atoms with E-state index in [4.69, 9.17) is 11.6 Å². The third-order valence-corrected chi connectivity index (χ3v) is 2.39. The zero-order chi connectivity index (χ0) is 10.1. The predicted octanol–water partition coefficient (Wildman–Crippen LogP) is 2.88. The van der Waals surface area contributed by atoms with Gasteiger partial charge < -0.3 is 4.57 Å². The highest BCUT2D eigenvalue weighted by Crippen LogP contribution is 2.20. The molecule has 0 spiro atoms. The molecule has 4 heteroatoms. The van der Waals surface area contributed by atoms with Gasteiger partial charge in [0.1, 0.15) is 16.8 Å². The van der Waals surface area contributed by atoms with Gasteiger partial charge in [0.2, 0.25) is 0 Å². The zero-order valence-electron chi connectivity index (χ0n) is 7.54. The lowest BCUT2D eigenvalue weighted by Crippen LogP contribution is -1.92. The third kappa shape index (κ3) is 1.51. The molecule has 0 saturated heterocycles. The van der Waals surface area contributed by atoms with E-state index in [1.807, 2.05) is 7.05 Å². The highest BCUT2D eigenvalue weighted by atomic mass is 35.5. The zero-order valence-corrected chi connectivity index (χ0v) is 8.29. The average Bonchev–Trinajstić information content (AvgIpc) is 2.50. The monoisotopic (exact) mass is 210 g/mol. The molecule has 2 aromatic rings. The number of benzene rings is 1. The second-order valence-corrected chi connectivity index (χ2v) is 3.36. The van der Waals surface area contributed by atoms with Crippen LogP contribution < -0.4 is 0 Å². The number of aromatic nitrogens is 2. The minimum absolute atomic E-state index is 0.256. The second kappa shape index (κ2) is 3.42. The minimum Gasteiger partial charge on any atom is -0.318 e. The number of hydrogen-bond acceptors (Lipinski definition) is 1. The Morgan fingerprint density at radius 1 is 1.29 bits per heavy atom. The van der Waals surface area contributed by atoms with E-state index in [1.165, 1.54) is 12.1 Å². The van der Waals surface area contributed by atoms with Crippen LogP contribution in [0, 0.1) is 5.82 Å². The van der Waals surface area contributed by atoms with E-state index < -0.39 is 0 Å². The highest BCUT2D eigenvalue weighted by molar-refractivity contribution is 6.29. The van der Waals surface area contributed by atoms with Gasteiger partial charge in [-0.1, -0.05) is 11.6 Å². The maximum Gasteiger partial charge on any atom is 0.140 e. The number of halogens is 2. The van der Waals surface area contributed by atoms with Gasteiger partial charge in [0, 0.05) is 12.6 Å². The molecule has 0 fully saturated rings. The summed E-state index contributed by atoms with van der Waals surface area (Å²) in [5, 5.41) is 0.560. The second-order valence-electron chi connectivity index (χ2n) is 2.97. The van der Waals surface area contributed by atoms with Gasteiger partial charge >= 0.3 is 0 Å². The third-order valence-electron chi connectivity index (χ3n) is 2.03. The van der Waals surface area contributed by atoms with Gasteiger partial charge in [-0.05, 0) is 24.3 Å². The topological polar surface area (TPSA) is 17.8 Å².